The Morgan fingerprint density at radius 1 is 1.07 bits per heavy atom. The topological polar surface area (TPSA) is 113 Å². The van der Waals surface area contributed by atoms with Crippen LogP contribution in [0.2, 0.25) is 0 Å². The second-order valence-electron chi connectivity index (χ2n) is 10.6. The van der Waals surface area contributed by atoms with Crippen LogP contribution in [0.5, 0.6) is 17.2 Å². The number of allylic oxidation sites excluding steroid dienone is 2. The van der Waals surface area contributed by atoms with Gasteiger partial charge in [0.05, 0.1) is 32.6 Å². The maximum absolute atomic E-state index is 13.9. The molecule has 6 unspecified atom stereocenters. The molecule has 12 heteroatoms. The number of phenols is 1. The third-order valence-electron chi connectivity index (χ3n) is 8.84. The number of thiophene rings is 1. The molecule has 3 fully saturated rings. The molecule has 4 aliphatic rings. The lowest BCUT2D eigenvalue weighted by molar-refractivity contribution is -0.141. The molecule has 3 heterocycles. The quantitative estimate of drug-likeness (QED) is 0.315. The van der Waals surface area contributed by atoms with Gasteiger partial charge in [0, 0.05) is 35.5 Å². The van der Waals surface area contributed by atoms with E-state index in [9.17, 15) is 24.3 Å². The van der Waals surface area contributed by atoms with Gasteiger partial charge in [-0.3, -0.25) is 29.0 Å². The van der Waals surface area contributed by atoms with Crippen LogP contribution < -0.4 is 9.47 Å². The number of carbonyl (C=O) groups is 4. The lowest BCUT2D eigenvalue weighted by Crippen LogP contribution is -2.60. The van der Waals surface area contributed by atoms with E-state index in [1.54, 1.807) is 6.07 Å². The number of methoxy groups -OCH3 is 2. The Hall–Kier alpha value is -3.08. The minimum atomic E-state index is -2.03. The lowest BCUT2D eigenvalue weighted by atomic mass is 9.56. The SMILES string of the molecule is COc1cc(O)c(C2C3=CCC4C(=O)N(Cc5cccs5)C(=O)C4C3CC3(Cl)C(=O)N(C)C(=O)C23Cl)c(OC)c1. The van der Waals surface area contributed by atoms with Crippen molar-refractivity contribution in [3.63, 3.8) is 0 Å². The Morgan fingerprint density at radius 3 is 2.48 bits per heavy atom. The van der Waals surface area contributed by atoms with Crippen molar-refractivity contribution in [1.29, 1.82) is 0 Å². The largest absolute Gasteiger partial charge is 0.507 e. The Balaban J connectivity index is 1.53. The lowest BCUT2D eigenvalue weighted by Gasteiger charge is -2.51. The van der Waals surface area contributed by atoms with E-state index in [-0.39, 0.29) is 48.3 Å². The summed E-state index contributed by atoms with van der Waals surface area (Å²) >= 11 is 15.8. The van der Waals surface area contributed by atoms with Crippen LogP contribution in [0.4, 0.5) is 0 Å². The predicted molar refractivity (Wildman–Crippen MR) is 147 cm³/mol. The van der Waals surface area contributed by atoms with Gasteiger partial charge >= 0.3 is 0 Å². The number of nitrogens with zero attached hydrogens (tertiary/aromatic N) is 2. The summed E-state index contributed by atoms with van der Waals surface area (Å²) in [6.45, 7) is 0.159. The van der Waals surface area contributed by atoms with Gasteiger partial charge in [0.15, 0.2) is 9.75 Å². The molecule has 2 aliphatic heterocycles. The zero-order valence-electron chi connectivity index (χ0n) is 21.9. The number of imide groups is 2. The molecule has 210 valence electrons. The van der Waals surface area contributed by atoms with Crippen molar-refractivity contribution in [2.45, 2.75) is 35.1 Å². The molecular formula is C28H26Cl2N2O7S. The number of halogens is 2. The summed E-state index contributed by atoms with van der Waals surface area (Å²) < 4.78 is 10.9. The molecule has 9 nitrogen and oxygen atoms in total. The Labute approximate surface area is 244 Å². The molecule has 4 amide bonds. The zero-order valence-corrected chi connectivity index (χ0v) is 24.2. The first-order valence-corrected chi connectivity index (χ1v) is 14.4. The number of fused-ring (bicyclic) bond motifs is 4. The van der Waals surface area contributed by atoms with Gasteiger partial charge in [-0.25, -0.2) is 0 Å². The number of aromatic hydroxyl groups is 1. The van der Waals surface area contributed by atoms with E-state index in [4.69, 9.17) is 32.7 Å². The predicted octanol–water partition coefficient (Wildman–Crippen LogP) is 3.66. The molecule has 0 bridgehead atoms. The summed E-state index contributed by atoms with van der Waals surface area (Å²) in [5, 5.41) is 13.1. The van der Waals surface area contributed by atoms with Crippen molar-refractivity contribution < 1.29 is 33.8 Å². The third-order valence-corrected chi connectivity index (χ3v) is 11.1. The molecular weight excluding hydrogens is 579 g/mol. The number of hydrogen-bond acceptors (Lipinski definition) is 8. The Bertz CT molecular complexity index is 1490. The highest BCUT2D eigenvalue weighted by Crippen LogP contribution is 2.67. The molecule has 2 saturated heterocycles. The average molecular weight is 605 g/mol. The standard InChI is InChI=1S/C28H26Cl2N2O7S/c1-31-25(36)27(29)11-17-15(6-7-16-20(17)24(35)32(23(16)34)12-14-5-4-8-40-14)22(28(27,30)26(31)37)21-18(33)9-13(38-2)10-19(21)39-3/h4-6,8-10,16-17,20,22,33H,7,11-12H2,1-3H3. The molecule has 1 saturated carbocycles. The fraction of sp³-hybridized carbons (Fsp3) is 0.429. The van der Waals surface area contributed by atoms with Gasteiger partial charge in [0.2, 0.25) is 11.8 Å². The second kappa shape index (κ2) is 9.22. The Morgan fingerprint density at radius 2 is 1.82 bits per heavy atom. The van der Waals surface area contributed by atoms with Gasteiger partial charge in [-0.2, -0.15) is 0 Å². The van der Waals surface area contributed by atoms with E-state index >= 15 is 0 Å². The van der Waals surface area contributed by atoms with Crippen molar-refractivity contribution in [3.8, 4) is 17.2 Å². The number of hydrogen-bond donors (Lipinski definition) is 1. The van der Waals surface area contributed by atoms with Crippen molar-refractivity contribution in [2.75, 3.05) is 21.3 Å². The number of rotatable bonds is 5. The first-order chi connectivity index (χ1) is 19.0. The molecule has 1 N–H and O–H groups in total. The summed E-state index contributed by atoms with van der Waals surface area (Å²) in [4.78, 5) is 53.7. The normalized spacial score (nSPS) is 33.1. The van der Waals surface area contributed by atoms with Crippen molar-refractivity contribution >= 4 is 58.2 Å². The van der Waals surface area contributed by atoms with Gasteiger partial charge < -0.3 is 14.6 Å². The number of ether oxygens (including phenoxy) is 2. The highest BCUT2D eigenvalue weighted by atomic mass is 35.5. The molecule has 2 aliphatic carbocycles. The number of phenolic OH excluding ortho intramolecular Hbond substituents is 1. The van der Waals surface area contributed by atoms with Crippen LogP contribution in [0.15, 0.2) is 41.3 Å². The van der Waals surface area contributed by atoms with Crippen LogP contribution in [-0.4, -0.2) is 69.6 Å². The minimum Gasteiger partial charge on any atom is -0.507 e. The molecule has 40 heavy (non-hydrogen) atoms. The number of likely N-dealkylation sites (tertiary alicyclic amines) is 2. The number of benzene rings is 1. The second-order valence-corrected chi connectivity index (χ2v) is 12.9. The first kappa shape index (κ1) is 27.1. The number of amides is 4. The van der Waals surface area contributed by atoms with E-state index in [0.717, 1.165) is 9.78 Å². The first-order valence-electron chi connectivity index (χ1n) is 12.7. The number of carbonyl (C=O) groups excluding carboxylic acids is 4. The van der Waals surface area contributed by atoms with Crippen LogP contribution in [0, 0.1) is 17.8 Å². The van der Waals surface area contributed by atoms with Crippen LogP contribution in [0.3, 0.4) is 0 Å². The number of alkyl halides is 2. The molecule has 1 aromatic heterocycles. The van der Waals surface area contributed by atoms with E-state index in [2.05, 4.69) is 0 Å². The minimum absolute atomic E-state index is 0.123. The van der Waals surface area contributed by atoms with E-state index in [1.165, 1.54) is 43.6 Å². The summed E-state index contributed by atoms with van der Waals surface area (Å²) in [6.07, 6.45) is 1.93. The van der Waals surface area contributed by atoms with Crippen LogP contribution in [0.1, 0.15) is 29.2 Å². The van der Waals surface area contributed by atoms with E-state index in [1.807, 2.05) is 23.6 Å². The van der Waals surface area contributed by atoms with Crippen molar-refractivity contribution in [2.24, 2.45) is 17.8 Å². The Kier molecular flexibility index (Phi) is 6.25. The third kappa shape index (κ3) is 3.39. The van der Waals surface area contributed by atoms with Gasteiger partial charge in [-0.15, -0.1) is 34.5 Å². The maximum Gasteiger partial charge on any atom is 0.253 e. The molecule has 2 aromatic rings. The van der Waals surface area contributed by atoms with Crippen LogP contribution in [0.25, 0.3) is 0 Å². The van der Waals surface area contributed by atoms with Gasteiger partial charge in [-0.1, -0.05) is 17.7 Å². The molecule has 0 spiro atoms. The van der Waals surface area contributed by atoms with Crippen molar-refractivity contribution in [1.82, 2.24) is 9.80 Å². The highest BCUT2D eigenvalue weighted by molar-refractivity contribution is 7.09. The molecule has 6 rings (SSSR count). The van der Waals surface area contributed by atoms with Gasteiger partial charge in [0.25, 0.3) is 11.8 Å². The molecule has 1 aromatic carbocycles. The summed E-state index contributed by atoms with van der Waals surface area (Å²) in [7, 11) is 4.14. The van der Waals surface area contributed by atoms with E-state index < -0.39 is 45.2 Å². The molecule has 6 atom stereocenters. The van der Waals surface area contributed by atoms with Gasteiger partial charge in [0.1, 0.15) is 17.2 Å². The summed E-state index contributed by atoms with van der Waals surface area (Å²) in [5.74, 6) is -5.10. The fourth-order valence-corrected chi connectivity index (χ4v) is 8.70. The molecule has 0 radical (unpaired) electrons. The monoisotopic (exact) mass is 604 g/mol. The summed E-state index contributed by atoms with van der Waals surface area (Å²) in [5.41, 5.74) is 0.725. The van der Waals surface area contributed by atoms with Gasteiger partial charge in [-0.05, 0) is 30.2 Å². The van der Waals surface area contributed by atoms with Crippen molar-refractivity contribution in [3.05, 3.63) is 51.7 Å². The average Bonchev–Trinajstić information content (AvgIpc) is 3.58. The highest BCUT2D eigenvalue weighted by Gasteiger charge is 2.76. The van der Waals surface area contributed by atoms with Crippen LogP contribution in [-0.2, 0) is 25.7 Å². The summed E-state index contributed by atoms with van der Waals surface area (Å²) in [6, 6.07) is 6.62. The maximum atomic E-state index is 13.9. The zero-order chi connectivity index (χ0) is 28.7. The van der Waals surface area contributed by atoms with E-state index in [0.29, 0.717) is 11.3 Å². The smallest absolute Gasteiger partial charge is 0.253 e. The fourth-order valence-electron chi connectivity index (χ4n) is 7.00. The van der Waals surface area contributed by atoms with Crippen LogP contribution >= 0.6 is 34.5 Å².